The molecule has 4 N–H and O–H groups in total. The Morgan fingerprint density at radius 2 is 2.14 bits per heavy atom. The molecule has 0 atom stereocenters. The third-order valence-corrected chi connectivity index (χ3v) is 1.66. The Balaban J connectivity index is 2.87. The third-order valence-electron chi connectivity index (χ3n) is 1.33. The van der Waals surface area contributed by atoms with Gasteiger partial charge in [-0.3, -0.25) is 0 Å². The van der Waals surface area contributed by atoms with Gasteiger partial charge in [-0.25, -0.2) is 4.39 Å². The van der Waals surface area contributed by atoms with Gasteiger partial charge in [0.1, 0.15) is 5.82 Å². The lowest BCUT2D eigenvalue weighted by Gasteiger charge is -1.95. The summed E-state index contributed by atoms with van der Waals surface area (Å²) in [5.74, 6) is -0.562. The van der Waals surface area contributed by atoms with E-state index < -0.39 is 5.82 Å². The minimum Gasteiger partial charge on any atom is -0.369 e. The molecule has 0 aromatic heterocycles. The van der Waals surface area contributed by atoms with Crippen molar-refractivity contribution in [3.8, 4) is 0 Å². The van der Waals surface area contributed by atoms with Crippen LogP contribution in [0.5, 0.6) is 0 Å². The van der Waals surface area contributed by atoms with Gasteiger partial charge in [-0.1, -0.05) is 11.6 Å². The number of benzene rings is 1. The Morgan fingerprint density at radius 3 is 2.71 bits per heavy atom. The fourth-order valence-electron chi connectivity index (χ4n) is 0.764. The van der Waals surface area contributed by atoms with Gasteiger partial charge in [-0.05, 0) is 18.2 Å². The van der Waals surface area contributed by atoms with Gasteiger partial charge in [-0.15, -0.1) is 5.10 Å². The van der Waals surface area contributed by atoms with E-state index in [0.717, 1.165) is 0 Å². The zero-order chi connectivity index (χ0) is 10.6. The third kappa shape index (κ3) is 3.02. The van der Waals surface area contributed by atoms with Crippen LogP contribution in [0.3, 0.4) is 0 Å². The van der Waals surface area contributed by atoms with Crippen molar-refractivity contribution in [2.24, 2.45) is 21.7 Å². The average molecular weight is 215 g/mol. The van der Waals surface area contributed by atoms with Crippen LogP contribution in [0.2, 0.25) is 5.02 Å². The lowest BCUT2D eigenvalue weighted by Crippen LogP contribution is -2.21. The Hall–Kier alpha value is -1.62. The standard InChI is InChI=1S/C8H8ClFN4/c9-7-3-6(10)2-1-5(7)4-13-14-8(11)12/h1-4H,(H4,11,12,14)/b13-4-. The monoisotopic (exact) mass is 214 g/mol. The summed E-state index contributed by atoms with van der Waals surface area (Å²) >= 11 is 5.70. The first-order valence-electron chi connectivity index (χ1n) is 3.66. The minimum atomic E-state index is -0.408. The number of rotatable bonds is 2. The number of nitrogens with zero attached hydrogens (tertiary/aromatic N) is 2. The molecular formula is C8H8ClFN4. The fourth-order valence-corrected chi connectivity index (χ4v) is 0.980. The zero-order valence-corrected chi connectivity index (χ0v) is 7.87. The van der Waals surface area contributed by atoms with Gasteiger partial charge in [0.15, 0.2) is 0 Å². The van der Waals surface area contributed by atoms with Crippen LogP contribution in [-0.2, 0) is 0 Å². The van der Waals surface area contributed by atoms with Gasteiger partial charge < -0.3 is 11.5 Å². The van der Waals surface area contributed by atoms with Crippen molar-refractivity contribution in [2.75, 3.05) is 0 Å². The van der Waals surface area contributed by atoms with Gasteiger partial charge in [0.2, 0.25) is 5.96 Å². The summed E-state index contributed by atoms with van der Waals surface area (Å²) in [4.78, 5) is 0. The van der Waals surface area contributed by atoms with Crippen LogP contribution in [-0.4, -0.2) is 12.2 Å². The van der Waals surface area contributed by atoms with Crippen molar-refractivity contribution in [1.29, 1.82) is 0 Å². The maximum absolute atomic E-state index is 12.6. The van der Waals surface area contributed by atoms with E-state index in [9.17, 15) is 4.39 Å². The summed E-state index contributed by atoms with van der Waals surface area (Å²) in [7, 11) is 0. The first-order chi connectivity index (χ1) is 6.59. The number of hydrogen-bond acceptors (Lipinski definition) is 2. The van der Waals surface area contributed by atoms with E-state index in [1.165, 1.54) is 24.4 Å². The summed E-state index contributed by atoms with van der Waals surface area (Å²) in [5, 5.41) is 7.16. The molecule has 0 unspecified atom stereocenters. The predicted molar refractivity (Wildman–Crippen MR) is 54.8 cm³/mol. The Kier molecular flexibility index (Phi) is 3.41. The van der Waals surface area contributed by atoms with E-state index in [1.807, 2.05) is 0 Å². The molecule has 4 nitrogen and oxygen atoms in total. The zero-order valence-electron chi connectivity index (χ0n) is 7.11. The molecule has 1 aromatic rings. The van der Waals surface area contributed by atoms with Crippen molar-refractivity contribution in [3.05, 3.63) is 34.6 Å². The van der Waals surface area contributed by atoms with E-state index in [1.54, 1.807) is 0 Å². The predicted octanol–water partition coefficient (Wildman–Crippen LogP) is 1.09. The molecule has 0 saturated carbocycles. The van der Waals surface area contributed by atoms with Crippen LogP contribution in [0.1, 0.15) is 5.56 Å². The van der Waals surface area contributed by atoms with Crippen molar-refractivity contribution >= 4 is 23.8 Å². The maximum atomic E-state index is 12.6. The Bertz CT molecular complexity index is 385. The van der Waals surface area contributed by atoms with Crippen molar-refractivity contribution < 1.29 is 4.39 Å². The molecule has 0 bridgehead atoms. The number of hydrogen-bond donors (Lipinski definition) is 2. The van der Waals surface area contributed by atoms with Crippen LogP contribution in [0.25, 0.3) is 0 Å². The average Bonchev–Trinajstić information content (AvgIpc) is 2.08. The first kappa shape index (κ1) is 10.5. The lowest BCUT2D eigenvalue weighted by molar-refractivity contribution is 0.628. The van der Waals surface area contributed by atoms with E-state index in [-0.39, 0.29) is 11.0 Å². The highest BCUT2D eigenvalue weighted by atomic mass is 35.5. The number of halogens is 2. The summed E-state index contributed by atoms with van der Waals surface area (Å²) < 4.78 is 12.6. The molecule has 0 saturated heterocycles. The molecule has 0 amide bonds. The van der Waals surface area contributed by atoms with Crippen LogP contribution < -0.4 is 11.5 Å². The molecule has 74 valence electrons. The Labute approximate surface area is 85.1 Å². The summed E-state index contributed by atoms with van der Waals surface area (Å²) in [5.41, 5.74) is 10.6. The van der Waals surface area contributed by atoms with Gasteiger partial charge >= 0.3 is 0 Å². The van der Waals surface area contributed by atoms with Crippen LogP contribution in [0.15, 0.2) is 28.4 Å². The molecule has 0 aliphatic rings. The van der Waals surface area contributed by atoms with E-state index >= 15 is 0 Å². The minimum absolute atomic E-state index is 0.153. The highest BCUT2D eigenvalue weighted by Crippen LogP contribution is 2.15. The second-order valence-electron chi connectivity index (χ2n) is 2.44. The maximum Gasteiger partial charge on any atom is 0.211 e. The highest BCUT2D eigenvalue weighted by molar-refractivity contribution is 6.33. The molecular weight excluding hydrogens is 207 g/mol. The van der Waals surface area contributed by atoms with Crippen molar-refractivity contribution in [1.82, 2.24) is 0 Å². The van der Waals surface area contributed by atoms with Crippen molar-refractivity contribution in [2.45, 2.75) is 0 Å². The SMILES string of the molecule is NC(N)=N/N=C\c1ccc(F)cc1Cl. The summed E-state index contributed by atoms with van der Waals surface area (Å²) in [6.45, 7) is 0. The highest BCUT2D eigenvalue weighted by Gasteiger charge is 1.98. The van der Waals surface area contributed by atoms with Gasteiger partial charge in [0.25, 0.3) is 0 Å². The first-order valence-corrected chi connectivity index (χ1v) is 4.04. The van der Waals surface area contributed by atoms with Gasteiger partial charge in [0.05, 0.1) is 11.2 Å². The molecule has 0 heterocycles. The van der Waals surface area contributed by atoms with E-state index in [2.05, 4.69) is 10.2 Å². The molecule has 0 fully saturated rings. The normalized spacial score (nSPS) is 10.4. The summed E-state index contributed by atoms with van der Waals surface area (Å²) in [6, 6.07) is 3.92. The quantitative estimate of drug-likeness (QED) is 0.439. The second-order valence-corrected chi connectivity index (χ2v) is 2.84. The molecule has 1 aromatic carbocycles. The molecule has 0 aliphatic carbocycles. The molecule has 0 aliphatic heterocycles. The van der Waals surface area contributed by atoms with Gasteiger partial charge in [0, 0.05) is 5.56 Å². The second kappa shape index (κ2) is 4.57. The molecule has 0 radical (unpaired) electrons. The summed E-state index contributed by atoms with van der Waals surface area (Å²) in [6.07, 6.45) is 1.33. The van der Waals surface area contributed by atoms with Gasteiger partial charge in [-0.2, -0.15) is 5.10 Å². The molecule has 0 spiro atoms. The number of guanidine groups is 1. The van der Waals surface area contributed by atoms with E-state index in [4.69, 9.17) is 23.1 Å². The van der Waals surface area contributed by atoms with E-state index in [0.29, 0.717) is 5.56 Å². The largest absolute Gasteiger partial charge is 0.369 e. The Morgan fingerprint density at radius 1 is 1.43 bits per heavy atom. The fraction of sp³-hybridized carbons (Fsp3) is 0. The lowest BCUT2D eigenvalue weighted by atomic mass is 10.2. The van der Waals surface area contributed by atoms with Crippen LogP contribution in [0, 0.1) is 5.82 Å². The van der Waals surface area contributed by atoms with Crippen LogP contribution >= 0.6 is 11.6 Å². The van der Waals surface area contributed by atoms with Crippen molar-refractivity contribution in [3.63, 3.8) is 0 Å². The molecule has 14 heavy (non-hydrogen) atoms. The smallest absolute Gasteiger partial charge is 0.211 e. The van der Waals surface area contributed by atoms with Crippen LogP contribution in [0.4, 0.5) is 4.39 Å². The topological polar surface area (TPSA) is 76.8 Å². The molecule has 1 rings (SSSR count). The number of nitrogens with two attached hydrogens (primary N) is 2. The molecule has 6 heteroatoms.